The van der Waals surface area contributed by atoms with Crippen LogP contribution in [0.5, 0.6) is 0 Å². The minimum absolute atomic E-state index is 0.0373. The molecule has 0 unspecified atom stereocenters. The highest BCUT2D eigenvalue weighted by Gasteiger charge is 2.21. The Morgan fingerprint density at radius 3 is 2.74 bits per heavy atom. The molecule has 0 radical (unpaired) electrons. The number of carbonyl (C=O) groups excluding carboxylic acids is 1. The van der Waals surface area contributed by atoms with Crippen LogP contribution in [-0.4, -0.2) is 58.6 Å². The molecule has 4 aromatic rings. The van der Waals surface area contributed by atoms with Crippen molar-refractivity contribution in [1.82, 2.24) is 24.4 Å². The van der Waals surface area contributed by atoms with E-state index >= 15 is 0 Å². The van der Waals surface area contributed by atoms with E-state index in [1.807, 2.05) is 0 Å². The molecule has 1 N–H and O–H groups in total. The molecule has 4 rings (SSSR count). The maximum absolute atomic E-state index is 14.9. The van der Waals surface area contributed by atoms with Gasteiger partial charge in [0.25, 0.3) is 5.56 Å². The van der Waals surface area contributed by atoms with Gasteiger partial charge in [0.05, 0.1) is 11.4 Å². The van der Waals surface area contributed by atoms with Gasteiger partial charge in [-0.15, -0.1) is 11.3 Å². The van der Waals surface area contributed by atoms with Crippen molar-refractivity contribution in [2.75, 3.05) is 24.6 Å². The summed E-state index contributed by atoms with van der Waals surface area (Å²) >= 11 is 1.10. The van der Waals surface area contributed by atoms with Gasteiger partial charge in [0.15, 0.2) is 5.65 Å². The van der Waals surface area contributed by atoms with Crippen LogP contribution in [0.2, 0.25) is 0 Å². The zero-order valence-electron chi connectivity index (χ0n) is 18.3. The van der Waals surface area contributed by atoms with Crippen molar-refractivity contribution in [2.45, 2.75) is 6.92 Å². The van der Waals surface area contributed by atoms with E-state index in [1.54, 1.807) is 24.5 Å². The van der Waals surface area contributed by atoms with Crippen LogP contribution in [-0.2, 0) is 14.8 Å². The lowest BCUT2D eigenvalue weighted by Crippen LogP contribution is -2.32. The summed E-state index contributed by atoms with van der Waals surface area (Å²) in [7, 11) is -1.19. The van der Waals surface area contributed by atoms with E-state index in [0.717, 1.165) is 33.2 Å². The molecule has 176 valence electrons. The number of hydrogen-bond donors (Lipinski definition) is 1. The summed E-state index contributed by atoms with van der Waals surface area (Å²) in [5.74, 6) is -2.14. The summed E-state index contributed by atoms with van der Waals surface area (Å²) < 4.78 is 43.2. The number of halogens is 1. The Labute approximate surface area is 197 Å². The molecular weight excluding hydrogens is 483 g/mol. The largest absolute Gasteiger partial charge is 0.348 e. The summed E-state index contributed by atoms with van der Waals surface area (Å²) in [6.45, 7) is 1.51. The molecule has 0 aliphatic rings. The lowest BCUT2D eigenvalue weighted by atomic mass is 10.1. The van der Waals surface area contributed by atoms with Crippen LogP contribution < -0.4 is 10.3 Å². The third-order valence-corrected chi connectivity index (χ3v) is 7.10. The van der Waals surface area contributed by atoms with E-state index in [4.69, 9.17) is 0 Å². The lowest BCUT2D eigenvalue weighted by Gasteiger charge is -2.15. The standard InChI is InChI=1S/C21H19FN6O4S2/c1-12-7-14(22)16(8-15(12)26-34(31,32)10-17(29)27(2)3)28-11-24-19-18(21(28)30)33-20(25-19)13-5-4-6-23-9-13/h4-9,11,26H,10H2,1-3H3. The van der Waals surface area contributed by atoms with E-state index in [0.29, 0.717) is 10.6 Å². The van der Waals surface area contributed by atoms with Crippen LogP contribution in [0.1, 0.15) is 5.56 Å². The van der Waals surface area contributed by atoms with Gasteiger partial charge in [-0.05, 0) is 36.8 Å². The molecule has 0 spiro atoms. The molecule has 0 saturated carbocycles. The number of amides is 1. The molecule has 0 bridgehead atoms. The van der Waals surface area contributed by atoms with Crippen molar-refractivity contribution in [3.63, 3.8) is 0 Å². The molecule has 0 saturated heterocycles. The second kappa shape index (κ2) is 8.91. The fraction of sp³-hybridized carbons (Fsp3) is 0.190. The first kappa shape index (κ1) is 23.4. The second-order valence-corrected chi connectivity index (χ2v) is 10.3. The van der Waals surface area contributed by atoms with Crippen LogP contribution in [0.15, 0.2) is 47.8 Å². The van der Waals surface area contributed by atoms with E-state index in [-0.39, 0.29) is 27.3 Å². The molecule has 0 aliphatic heterocycles. The van der Waals surface area contributed by atoms with Crippen molar-refractivity contribution < 1.29 is 17.6 Å². The molecule has 34 heavy (non-hydrogen) atoms. The maximum atomic E-state index is 14.9. The van der Waals surface area contributed by atoms with Gasteiger partial charge in [0, 0.05) is 32.1 Å². The smallest absolute Gasteiger partial charge is 0.277 e. The first-order chi connectivity index (χ1) is 16.1. The molecule has 0 aliphatic carbocycles. The third-order valence-electron chi connectivity index (χ3n) is 4.86. The molecular formula is C21H19FN6O4S2. The number of nitrogens with one attached hydrogen (secondary N) is 1. The highest BCUT2D eigenvalue weighted by atomic mass is 32.2. The number of rotatable bonds is 6. The van der Waals surface area contributed by atoms with Crippen molar-refractivity contribution in [2.24, 2.45) is 0 Å². The van der Waals surface area contributed by atoms with E-state index in [2.05, 4.69) is 19.7 Å². The summed E-state index contributed by atoms with van der Waals surface area (Å²) in [6, 6.07) is 5.83. The summed E-state index contributed by atoms with van der Waals surface area (Å²) in [5, 5.41) is 0.536. The van der Waals surface area contributed by atoms with Crippen LogP contribution >= 0.6 is 11.3 Å². The third kappa shape index (κ3) is 4.65. The number of aryl methyl sites for hydroxylation is 1. The number of aromatic nitrogens is 4. The average Bonchev–Trinajstić information content (AvgIpc) is 3.22. The average molecular weight is 503 g/mol. The predicted octanol–water partition coefficient (Wildman–Crippen LogP) is 2.18. The Balaban J connectivity index is 1.76. The topological polar surface area (TPSA) is 127 Å². The number of fused-ring (bicyclic) bond motifs is 1. The monoisotopic (exact) mass is 502 g/mol. The van der Waals surface area contributed by atoms with Gasteiger partial charge in [0.1, 0.15) is 27.6 Å². The lowest BCUT2D eigenvalue weighted by molar-refractivity contribution is -0.125. The van der Waals surface area contributed by atoms with Crippen LogP contribution in [0, 0.1) is 12.7 Å². The molecule has 13 heteroatoms. The first-order valence-electron chi connectivity index (χ1n) is 9.85. The Morgan fingerprint density at radius 1 is 1.29 bits per heavy atom. The number of nitrogens with zero attached hydrogens (tertiary/aromatic N) is 5. The molecule has 0 atom stereocenters. The second-order valence-electron chi connectivity index (χ2n) is 7.60. The quantitative estimate of drug-likeness (QED) is 0.428. The zero-order chi connectivity index (χ0) is 24.6. The number of sulfonamides is 1. The van der Waals surface area contributed by atoms with Gasteiger partial charge < -0.3 is 4.90 Å². The number of anilines is 1. The van der Waals surface area contributed by atoms with Gasteiger partial charge in [0.2, 0.25) is 15.9 Å². The SMILES string of the molecule is Cc1cc(F)c(-n2cnc3nc(-c4cccnc4)sc3c2=O)cc1NS(=O)(=O)CC(=O)N(C)C. The number of benzene rings is 1. The minimum atomic E-state index is -4.07. The summed E-state index contributed by atoms with van der Waals surface area (Å²) in [6.07, 6.45) is 4.36. The minimum Gasteiger partial charge on any atom is -0.348 e. The first-order valence-corrected chi connectivity index (χ1v) is 12.3. The Hall–Kier alpha value is -3.71. The number of hydrogen-bond acceptors (Lipinski definition) is 8. The van der Waals surface area contributed by atoms with Crippen molar-refractivity contribution in [3.05, 3.63) is 64.7 Å². The normalized spacial score (nSPS) is 11.5. The predicted molar refractivity (Wildman–Crippen MR) is 127 cm³/mol. The maximum Gasteiger partial charge on any atom is 0.277 e. The molecule has 3 aromatic heterocycles. The van der Waals surface area contributed by atoms with Crippen LogP contribution in [0.3, 0.4) is 0 Å². The van der Waals surface area contributed by atoms with Gasteiger partial charge in [-0.1, -0.05) is 0 Å². The van der Waals surface area contributed by atoms with Gasteiger partial charge in [-0.2, -0.15) is 0 Å². The van der Waals surface area contributed by atoms with E-state index in [9.17, 15) is 22.4 Å². The van der Waals surface area contributed by atoms with Crippen molar-refractivity contribution >= 4 is 43.3 Å². The van der Waals surface area contributed by atoms with Crippen LogP contribution in [0.25, 0.3) is 26.6 Å². The Bertz CT molecular complexity index is 1570. The highest BCUT2D eigenvalue weighted by Crippen LogP contribution is 2.28. The summed E-state index contributed by atoms with van der Waals surface area (Å²) in [5.41, 5.74) is 0.480. The summed E-state index contributed by atoms with van der Waals surface area (Å²) in [4.78, 5) is 38.7. The molecule has 10 nitrogen and oxygen atoms in total. The molecule has 3 heterocycles. The highest BCUT2D eigenvalue weighted by molar-refractivity contribution is 7.93. The van der Waals surface area contributed by atoms with Gasteiger partial charge >= 0.3 is 0 Å². The number of pyridine rings is 1. The van der Waals surface area contributed by atoms with Crippen molar-refractivity contribution in [3.8, 4) is 16.3 Å². The van der Waals surface area contributed by atoms with Crippen molar-refractivity contribution in [1.29, 1.82) is 0 Å². The van der Waals surface area contributed by atoms with Gasteiger partial charge in [-0.3, -0.25) is 23.9 Å². The number of carbonyl (C=O) groups is 1. The molecule has 1 aromatic carbocycles. The Kier molecular flexibility index (Phi) is 6.15. The Morgan fingerprint density at radius 2 is 2.06 bits per heavy atom. The van der Waals surface area contributed by atoms with Gasteiger partial charge in [-0.25, -0.2) is 22.8 Å². The van der Waals surface area contributed by atoms with E-state index in [1.165, 1.54) is 27.1 Å². The number of thiazole rings is 1. The molecule has 1 amide bonds. The fourth-order valence-corrected chi connectivity index (χ4v) is 5.20. The molecule has 0 fully saturated rings. The van der Waals surface area contributed by atoms with E-state index < -0.39 is 33.1 Å². The van der Waals surface area contributed by atoms with Crippen LogP contribution in [0.4, 0.5) is 10.1 Å². The fourth-order valence-electron chi connectivity index (χ4n) is 3.05. The zero-order valence-corrected chi connectivity index (χ0v) is 19.9.